The van der Waals surface area contributed by atoms with Gasteiger partial charge in [-0.3, -0.25) is 9.79 Å². The van der Waals surface area contributed by atoms with Gasteiger partial charge in [-0.1, -0.05) is 54.6 Å². The van der Waals surface area contributed by atoms with Crippen molar-refractivity contribution in [1.29, 1.82) is 0 Å². The monoisotopic (exact) mass is 322 g/mol. The Hall–Kier alpha value is -2.33. The van der Waals surface area contributed by atoms with Crippen molar-refractivity contribution in [3.05, 3.63) is 77.0 Å². The molecule has 0 saturated carbocycles. The molecule has 1 atom stereocenters. The maximum atomic E-state index is 10.1. The molecule has 4 heteroatoms. The van der Waals surface area contributed by atoms with Crippen molar-refractivity contribution in [3.63, 3.8) is 0 Å². The van der Waals surface area contributed by atoms with Crippen LogP contribution in [0.5, 0.6) is 0 Å². The fraction of sp³-hybridized carbons (Fsp3) is 0.158. The van der Waals surface area contributed by atoms with Crippen molar-refractivity contribution in [2.24, 2.45) is 4.99 Å². The van der Waals surface area contributed by atoms with Gasteiger partial charge in [0.2, 0.25) is 5.91 Å². The molecule has 0 spiro atoms. The molecule has 23 heavy (non-hydrogen) atoms. The summed E-state index contributed by atoms with van der Waals surface area (Å²) in [5.41, 5.74) is 4.89. The van der Waals surface area contributed by atoms with Gasteiger partial charge in [-0.25, -0.2) is 0 Å². The topological polar surface area (TPSA) is 41.5 Å². The van der Waals surface area contributed by atoms with Gasteiger partial charge in [-0.05, 0) is 29.5 Å². The lowest BCUT2D eigenvalue weighted by atomic mass is 9.91. The first-order valence-electron chi connectivity index (χ1n) is 7.46. The lowest BCUT2D eigenvalue weighted by Gasteiger charge is -2.14. The van der Waals surface area contributed by atoms with Gasteiger partial charge in [-0.15, -0.1) is 11.8 Å². The van der Waals surface area contributed by atoms with Crippen LogP contribution in [-0.4, -0.2) is 24.3 Å². The number of nitrogens with one attached hydrogen (secondary N) is 1. The van der Waals surface area contributed by atoms with E-state index in [1.165, 1.54) is 16.7 Å². The summed E-state index contributed by atoms with van der Waals surface area (Å²) in [5.74, 6) is 1.86. The molecule has 2 aliphatic rings. The average molecular weight is 322 g/mol. The van der Waals surface area contributed by atoms with Crippen molar-refractivity contribution in [1.82, 2.24) is 5.32 Å². The van der Waals surface area contributed by atoms with Crippen molar-refractivity contribution in [2.45, 2.75) is 5.92 Å². The molecular formula is C19H18N2OS. The third-order valence-corrected chi connectivity index (χ3v) is 4.64. The van der Waals surface area contributed by atoms with E-state index in [4.69, 9.17) is 0 Å². The summed E-state index contributed by atoms with van der Waals surface area (Å²) in [6.45, 7) is 3.68. The first kappa shape index (κ1) is 15.6. The summed E-state index contributed by atoms with van der Waals surface area (Å²) in [5, 5.41) is 2.64. The largest absolute Gasteiger partial charge is 0.346 e. The minimum Gasteiger partial charge on any atom is -0.346 e. The van der Waals surface area contributed by atoms with E-state index in [-0.39, 0.29) is 11.8 Å². The molecule has 116 valence electrons. The van der Waals surface area contributed by atoms with Crippen LogP contribution in [0.2, 0.25) is 0 Å². The summed E-state index contributed by atoms with van der Waals surface area (Å²) < 4.78 is 0. The highest BCUT2D eigenvalue weighted by Crippen LogP contribution is 2.40. The van der Waals surface area contributed by atoms with E-state index in [1.54, 1.807) is 11.8 Å². The molecule has 2 aromatic carbocycles. The number of rotatable bonds is 2. The van der Waals surface area contributed by atoms with Crippen LogP contribution < -0.4 is 5.32 Å². The molecule has 1 unspecified atom stereocenters. The molecule has 1 N–H and O–H groups in total. The number of carbonyl (C=O) groups is 1. The summed E-state index contributed by atoms with van der Waals surface area (Å²) in [6.07, 6.45) is 2.12. The van der Waals surface area contributed by atoms with Gasteiger partial charge >= 0.3 is 0 Å². The molecule has 1 heterocycles. The highest BCUT2D eigenvalue weighted by atomic mass is 32.2. The SMILES string of the molecule is C=NC1=Cc2ccccc2C1c1ccccc1.O=C1CSCN1. The van der Waals surface area contributed by atoms with Gasteiger partial charge in [0.05, 0.1) is 23.2 Å². The maximum Gasteiger partial charge on any atom is 0.230 e. The van der Waals surface area contributed by atoms with Crippen LogP contribution in [-0.2, 0) is 4.79 Å². The van der Waals surface area contributed by atoms with Gasteiger partial charge in [-0.2, -0.15) is 0 Å². The van der Waals surface area contributed by atoms with Gasteiger partial charge in [0.15, 0.2) is 0 Å². The van der Waals surface area contributed by atoms with Crippen LogP contribution in [0.15, 0.2) is 65.3 Å². The number of hydrogen-bond acceptors (Lipinski definition) is 3. The lowest BCUT2D eigenvalue weighted by Crippen LogP contribution is -2.14. The Morgan fingerprint density at radius 2 is 1.83 bits per heavy atom. The molecule has 0 aromatic heterocycles. The number of carbonyl (C=O) groups excluding carboxylic acids is 1. The molecule has 1 saturated heterocycles. The fourth-order valence-electron chi connectivity index (χ4n) is 2.77. The normalized spacial score (nSPS) is 18.3. The second-order valence-electron chi connectivity index (χ2n) is 5.29. The highest BCUT2D eigenvalue weighted by molar-refractivity contribution is 8.00. The van der Waals surface area contributed by atoms with Crippen LogP contribution in [0, 0.1) is 0 Å². The van der Waals surface area contributed by atoms with Gasteiger partial charge < -0.3 is 5.32 Å². The van der Waals surface area contributed by atoms with Crippen molar-refractivity contribution < 1.29 is 4.79 Å². The Kier molecular flexibility index (Phi) is 4.93. The number of nitrogens with zero attached hydrogens (tertiary/aromatic N) is 1. The van der Waals surface area contributed by atoms with Crippen molar-refractivity contribution >= 4 is 30.5 Å². The van der Waals surface area contributed by atoms with Crippen LogP contribution >= 0.6 is 11.8 Å². The number of benzene rings is 2. The number of thioether (sulfide) groups is 1. The van der Waals surface area contributed by atoms with E-state index in [0.29, 0.717) is 5.75 Å². The van der Waals surface area contributed by atoms with E-state index in [9.17, 15) is 4.79 Å². The predicted molar refractivity (Wildman–Crippen MR) is 97.7 cm³/mol. The van der Waals surface area contributed by atoms with E-state index in [1.807, 2.05) is 6.07 Å². The first-order chi connectivity index (χ1) is 11.3. The summed E-state index contributed by atoms with van der Waals surface area (Å²) >= 11 is 1.62. The standard InChI is InChI=1S/C16H13N.C3H5NOS/c1-17-15-11-13-9-5-6-10-14(13)16(15)12-7-3-2-4-8-12;5-3-1-6-2-4-3/h2-11,16H,1H2;1-2H2,(H,4,5). The maximum absolute atomic E-state index is 10.1. The second-order valence-corrected chi connectivity index (χ2v) is 6.28. The third-order valence-electron chi connectivity index (χ3n) is 3.83. The lowest BCUT2D eigenvalue weighted by molar-refractivity contribution is -0.117. The predicted octanol–water partition coefficient (Wildman–Crippen LogP) is 3.68. The second kappa shape index (κ2) is 7.29. The summed E-state index contributed by atoms with van der Waals surface area (Å²) in [4.78, 5) is 14.3. The molecule has 1 aliphatic carbocycles. The molecule has 1 amide bonds. The van der Waals surface area contributed by atoms with Crippen molar-refractivity contribution in [2.75, 3.05) is 11.6 Å². The molecule has 0 bridgehead atoms. The Balaban J connectivity index is 0.000000220. The van der Waals surface area contributed by atoms with Gasteiger partial charge in [0.25, 0.3) is 0 Å². The molecule has 3 nitrogen and oxygen atoms in total. The van der Waals surface area contributed by atoms with E-state index >= 15 is 0 Å². The minimum absolute atomic E-state index is 0.167. The Labute approximate surface area is 140 Å². The molecule has 2 aromatic rings. The van der Waals surface area contributed by atoms with Crippen LogP contribution in [0.4, 0.5) is 0 Å². The first-order valence-corrected chi connectivity index (χ1v) is 8.61. The number of fused-ring (bicyclic) bond motifs is 1. The minimum atomic E-state index is 0.167. The van der Waals surface area contributed by atoms with E-state index in [2.05, 4.69) is 71.6 Å². The summed E-state index contributed by atoms with van der Waals surface area (Å²) in [6, 6.07) is 18.9. The van der Waals surface area contributed by atoms with Crippen molar-refractivity contribution in [3.8, 4) is 0 Å². The number of amides is 1. The number of aliphatic imine (C=N–C) groups is 1. The smallest absolute Gasteiger partial charge is 0.230 e. The zero-order valence-corrected chi connectivity index (χ0v) is 13.6. The quantitative estimate of drug-likeness (QED) is 0.857. The Morgan fingerprint density at radius 3 is 2.43 bits per heavy atom. The number of allylic oxidation sites excluding steroid dienone is 1. The van der Waals surface area contributed by atoms with Gasteiger partial charge in [0, 0.05) is 0 Å². The van der Waals surface area contributed by atoms with Crippen LogP contribution in [0.3, 0.4) is 0 Å². The Bertz CT molecular complexity index is 732. The zero-order valence-electron chi connectivity index (χ0n) is 12.7. The Morgan fingerprint density at radius 1 is 1.09 bits per heavy atom. The highest BCUT2D eigenvalue weighted by Gasteiger charge is 2.25. The average Bonchev–Trinajstić information content (AvgIpc) is 3.22. The molecule has 0 radical (unpaired) electrons. The molecule has 4 rings (SSSR count). The molecule has 1 fully saturated rings. The molecule has 1 aliphatic heterocycles. The van der Waals surface area contributed by atoms with E-state index < -0.39 is 0 Å². The van der Waals surface area contributed by atoms with Crippen LogP contribution in [0.25, 0.3) is 6.08 Å². The van der Waals surface area contributed by atoms with Crippen LogP contribution in [0.1, 0.15) is 22.6 Å². The fourth-order valence-corrected chi connectivity index (χ4v) is 3.42. The number of hydrogen-bond donors (Lipinski definition) is 1. The zero-order chi connectivity index (χ0) is 16.1. The summed E-state index contributed by atoms with van der Waals surface area (Å²) in [7, 11) is 0. The van der Waals surface area contributed by atoms with Gasteiger partial charge in [0.1, 0.15) is 0 Å². The third kappa shape index (κ3) is 3.54. The molecular weight excluding hydrogens is 304 g/mol. The van der Waals surface area contributed by atoms with E-state index in [0.717, 1.165) is 11.6 Å².